The van der Waals surface area contributed by atoms with Crippen LogP contribution in [0.4, 0.5) is 0 Å². The Bertz CT molecular complexity index is 1040. The maximum absolute atomic E-state index is 4.77. The molecule has 0 radical (unpaired) electrons. The smallest absolute Gasteiger partial charge is 0.0789 e. The minimum absolute atomic E-state index is 1.09. The van der Waals surface area contributed by atoms with Crippen LogP contribution in [-0.2, 0) is 0 Å². The molecule has 4 rings (SSSR count). The highest BCUT2D eigenvalue weighted by Crippen LogP contribution is 2.35. The van der Waals surface area contributed by atoms with Gasteiger partial charge in [-0.15, -0.1) is 0 Å². The second-order valence-corrected chi connectivity index (χ2v) is 6.30. The fourth-order valence-corrected chi connectivity index (χ4v) is 3.44. The lowest BCUT2D eigenvalue weighted by molar-refractivity contribution is 1.27. The van der Waals surface area contributed by atoms with Crippen molar-refractivity contribution in [1.29, 1.82) is 0 Å². The van der Waals surface area contributed by atoms with Gasteiger partial charge in [-0.3, -0.25) is 4.98 Å². The summed E-state index contributed by atoms with van der Waals surface area (Å²) in [7, 11) is 0. The van der Waals surface area contributed by atoms with Crippen LogP contribution in [0.25, 0.3) is 32.8 Å². The summed E-state index contributed by atoms with van der Waals surface area (Å²) in [4.78, 5) is 4.77. The van der Waals surface area contributed by atoms with E-state index in [1.165, 1.54) is 43.8 Å². The first kappa shape index (κ1) is 14.0. The molecule has 1 nitrogen and oxygen atoms in total. The zero-order valence-electron chi connectivity index (χ0n) is 13.7. The molecule has 0 aliphatic rings. The number of fused-ring (bicyclic) bond motifs is 3. The molecule has 112 valence electrons. The fraction of sp³-hybridized carbons (Fsp3) is 0.136. The van der Waals surface area contributed by atoms with Gasteiger partial charge >= 0.3 is 0 Å². The first-order valence-electron chi connectivity index (χ1n) is 8.00. The predicted octanol–water partition coefficient (Wildman–Crippen LogP) is 5.98. The lowest BCUT2D eigenvalue weighted by atomic mass is 9.93. The van der Waals surface area contributed by atoms with E-state index in [0.717, 1.165) is 5.69 Å². The maximum Gasteiger partial charge on any atom is 0.0789 e. The molecule has 0 amide bonds. The van der Waals surface area contributed by atoms with Crippen LogP contribution in [0.2, 0.25) is 0 Å². The fourth-order valence-electron chi connectivity index (χ4n) is 3.44. The Morgan fingerprint density at radius 1 is 0.783 bits per heavy atom. The number of pyridine rings is 1. The Balaban J connectivity index is 2.18. The van der Waals surface area contributed by atoms with Gasteiger partial charge in [-0.25, -0.2) is 0 Å². The summed E-state index contributed by atoms with van der Waals surface area (Å²) < 4.78 is 0. The number of hydrogen-bond acceptors (Lipinski definition) is 1. The van der Waals surface area contributed by atoms with Crippen molar-refractivity contribution >= 4 is 21.5 Å². The van der Waals surface area contributed by atoms with E-state index in [0.29, 0.717) is 0 Å². The van der Waals surface area contributed by atoms with E-state index in [-0.39, 0.29) is 0 Å². The Morgan fingerprint density at radius 2 is 1.57 bits per heavy atom. The van der Waals surface area contributed by atoms with Crippen molar-refractivity contribution in [1.82, 2.24) is 4.98 Å². The molecular weight excluding hydrogens is 278 g/mol. The lowest BCUT2D eigenvalue weighted by Crippen LogP contribution is -1.93. The number of benzene rings is 3. The highest BCUT2D eigenvalue weighted by atomic mass is 14.7. The summed E-state index contributed by atoms with van der Waals surface area (Å²) in [6.07, 6.45) is 1.92. The van der Waals surface area contributed by atoms with Gasteiger partial charge in [-0.1, -0.05) is 48.0 Å². The molecule has 0 unspecified atom stereocenters. The van der Waals surface area contributed by atoms with Crippen LogP contribution in [-0.4, -0.2) is 4.98 Å². The Labute approximate surface area is 136 Å². The first-order chi connectivity index (χ1) is 11.1. The quantitative estimate of drug-likeness (QED) is 0.394. The van der Waals surface area contributed by atoms with E-state index in [1.807, 2.05) is 6.20 Å². The zero-order valence-corrected chi connectivity index (χ0v) is 13.7. The Hall–Kier alpha value is -2.67. The van der Waals surface area contributed by atoms with Gasteiger partial charge in [0.25, 0.3) is 0 Å². The van der Waals surface area contributed by atoms with E-state index in [4.69, 9.17) is 4.98 Å². The predicted molar refractivity (Wildman–Crippen MR) is 98.9 cm³/mol. The molecule has 0 saturated heterocycles. The van der Waals surface area contributed by atoms with Gasteiger partial charge < -0.3 is 0 Å². The molecule has 0 spiro atoms. The molecule has 0 bridgehead atoms. The SMILES string of the molecule is Cc1cc(C)c(C)c(-c2nccc3ccc4ccccc4c23)c1. The van der Waals surface area contributed by atoms with Gasteiger partial charge in [0, 0.05) is 17.1 Å². The van der Waals surface area contributed by atoms with Crippen LogP contribution in [0.5, 0.6) is 0 Å². The van der Waals surface area contributed by atoms with E-state index in [1.54, 1.807) is 0 Å². The summed E-state index contributed by atoms with van der Waals surface area (Å²) >= 11 is 0. The summed E-state index contributed by atoms with van der Waals surface area (Å²) in [6.45, 7) is 6.52. The van der Waals surface area contributed by atoms with Crippen molar-refractivity contribution in [2.24, 2.45) is 0 Å². The number of aromatic nitrogens is 1. The number of aryl methyl sites for hydroxylation is 2. The molecule has 23 heavy (non-hydrogen) atoms. The maximum atomic E-state index is 4.77. The van der Waals surface area contributed by atoms with Gasteiger partial charge in [0.05, 0.1) is 5.69 Å². The van der Waals surface area contributed by atoms with Gasteiger partial charge in [0.2, 0.25) is 0 Å². The minimum atomic E-state index is 1.09. The average Bonchev–Trinajstić information content (AvgIpc) is 2.57. The van der Waals surface area contributed by atoms with Crippen LogP contribution in [0.15, 0.2) is 60.8 Å². The molecular formula is C22H19N. The number of nitrogens with zero attached hydrogens (tertiary/aromatic N) is 1. The normalized spacial score (nSPS) is 11.3. The topological polar surface area (TPSA) is 12.9 Å². The summed E-state index contributed by atoms with van der Waals surface area (Å²) in [5.74, 6) is 0. The lowest BCUT2D eigenvalue weighted by Gasteiger charge is -2.14. The van der Waals surface area contributed by atoms with Gasteiger partial charge in [-0.2, -0.15) is 0 Å². The first-order valence-corrected chi connectivity index (χ1v) is 8.00. The molecule has 3 aromatic carbocycles. The average molecular weight is 297 g/mol. The molecule has 0 fully saturated rings. The second-order valence-electron chi connectivity index (χ2n) is 6.30. The minimum Gasteiger partial charge on any atom is -0.256 e. The van der Waals surface area contributed by atoms with Crippen molar-refractivity contribution in [3.05, 3.63) is 77.5 Å². The zero-order chi connectivity index (χ0) is 16.0. The van der Waals surface area contributed by atoms with Crippen molar-refractivity contribution in [2.75, 3.05) is 0 Å². The third kappa shape index (κ3) is 2.20. The largest absolute Gasteiger partial charge is 0.256 e. The standard InChI is InChI=1S/C22H19N/c1-14-12-15(2)16(3)20(13-14)22-21-18(10-11-23-22)9-8-17-6-4-5-7-19(17)21/h4-13H,1-3H3. The Kier molecular flexibility index (Phi) is 3.16. The van der Waals surface area contributed by atoms with Crippen LogP contribution in [0.1, 0.15) is 16.7 Å². The van der Waals surface area contributed by atoms with Crippen molar-refractivity contribution in [3.8, 4) is 11.3 Å². The van der Waals surface area contributed by atoms with E-state index >= 15 is 0 Å². The van der Waals surface area contributed by atoms with Crippen LogP contribution in [0, 0.1) is 20.8 Å². The molecule has 1 heteroatoms. The van der Waals surface area contributed by atoms with Crippen molar-refractivity contribution in [2.45, 2.75) is 20.8 Å². The van der Waals surface area contributed by atoms with E-state index in [2.05, 4.69) is 75.4 Å². The van der Waals surface area contributed by atoms with Gasteiger partial charge in [0.15, 0.2) is 0 Å². The molecule has 4 aromatic rings. The molecule has 0 aliphatic carbocycles. The number of hydrogen-bond donors (Lipinski definition) is 0. The third-order valence-electron chi connectivity index (χ3n) is 4.72. The molecule has 0 saturated carbocycles. The van der Waals surface area contributed by atoms with Gasteiger partial charge in [-0.05, 0) is 60.2 Å². The van der Waals surface area contributed by atoms with Crippen LogP contribution >= 0.6 is 0 Å². The third-order valence-corrected chi connectivity index (χ3v) is 4.72. The molecule has 1 aromatic heterocycles. The second kappa shape index (κ2) is 5.20. The molecule has 0 atom stereocenters. The molecule has 1 heterocycles. The van der Waals surface area contributed by atoms with Crippen molar-refractivity contribution in [3.63, 3.8) is 0 Å². The summed E-state index contributed by atoms with van der Waals surface area (Å²) in [6, 6.07) is 19.5. The molecule has 0 N–H and O–H groups in total. The van der Waals surface area contributed by atoms with Crippen LogP contribution in [0.3, 0.4) is 0 Å². The van der Waals surface area contributed by atoms with Crippen molar-refractivity contribution < 1.29 is 0 Å². The van der Waals surface area contributed by atoms with E-state index < -0.39 is 0 Å². The van der Waals surface area contributed by atoms with Crippen LogP contribution < -0.4 is 0 Å². The Morgan fingerprint density at radius 3 is 2.43 bits per heavy atom. The number of rotatable bonds is 1. The summed E-state index contributed by atoms with van der Waals surface area (Å²) in [5, 5.41) is 5.02. The highest BCUT2D eigenvalue weighted by molar-refractivity contribution is 6.13. The monoisotopic (exact) mass is 297 g/mol. The molecule has 0 aliphatic heterocycles. The van der Waals surface area contributed by atoms with E-state index in [9.17, 15) is 0 Å². The highest BCUT2D eigenvalue weighted by Gasteiger charge is 2.12. The summed E-state index contributed by atoms with van der Waals surface area (Å²) in [5.41, 5.74) is 6.23. The van der Waals surface area contributed by atoms with Gasteiger partial charge in [0.1, 0.15) is 0 Å².